The average molecular weight is 389 g/mol. The molecule has 0 atom stereocenters. The van der Waals surface area contributed by atoms with Gasteiger partial charge in [0.2, 0.25) is 0 Å². The second-order valence-corrected chi connectivity index (χ2v) is 6.19. The molecule has 2 aromatic rings. The van der Waals surface area contributed by atoms with Gasteiger partial charge in [-0.2, -0.15) is 0 Å². The lowest BCUT2D eigenvalue weighted by atomic mass is 10.4. The molecule has 0 aliphatic carbocycles. The minimum atomic E-state index is 0.536. The van der Waals surface area contributed by atoms with Crippen LogP contribution in [0.5, 0.6) is 0 Å². The normalized spacial score (nSPS) is 11.1. The summed E-state index contributed by atoms with van der Waals surface area (Å²) in [5, 5.41) is 1.48. The molecule has 0 spiro atoms. The molecule has 0 aliphatic heterocycles. The van der Waals surface area contributed by atoms with Crippen LogP contribution in [0.2, 0.25) is 5.15 Å². The molecular weight excluding hydrogens is 386 g/mol. The second-order valence-electron chi connectivity index (χ2n) is 2.43. The first-order valence-electron chi connectivity index (χ1n) is 3.37. The van der Waals surface area contributed by atoms with Crippen LogP contribution in [-0.2, 0) is 0 Å². The Hall–Kier alpha value is 0.540. The van der Waals surface area contributed by atoms with Gasteiger partial charge in [0.05, 0.1) is 12.7 Å². The van der Waals surface area contributed by atoms with Gasteiger partial charge in [-0.15, -0.1) is 11.3 Å². The highest BCUT2D eigenvalue weighted by molar-refractivity contribution is 14.1. The van der Waals surface area contributed by atoms with E-state index in [0.717, 1.165) is 17.6 Å². The van der Waals surface area contributed by atoms with E-state index < -0.39 is 0 Å². The molecule has 0 N–H and O–H groups in total. The van der Waals surface area contributed by atoms with Crippen molar-refractivity contribution in [1.82, 2.24) is 9.97 Å². The first-order chi connectivity index (χ1) is 6.09. The molecule has 0 aromatic carbocycles. The number of fused-ring (bicyclic) bond motifs is 1. The number of aryl methyl sites for hydroxylation is 1. The Labute approximate surface area is 106 Å². The van der Waals surface area contributed by atoms with E-state index >= 15 is 0 Å². The fraction of sp³-hybridized carbons (Fsp3) is 0.143. The Kier molecular flexibility index (Phi) is 2.79. The van der Waals surface area contributed by atoms with E-state index in [9.17, 15) is 0 Å². The lowest BCUT2D eigenvalue weighted by molar-refractivity contribution is 1.10. The lowest BCUT2D eigenvalue weighted by Crippen LogP contribution is -1.87. The van der Waals surface area contributed by atoms with Gasteiger partial charge in [0.25, 0.3) is 0 Å². The number of hydrogen-bond acceptors (Lipinski definition) is 3. The number of hydrogen-bond donors (Lipinski definition) is 0. The Morgan fingerprint density at radius 1 is 1.46 bits per heavy atom. The number of nitrogens with zero attached hydrogens (tertiary/aromatic N) is 2. The summed E-state index contributed by atoms with van der Waals surface area (Å²) < 4.78 is 2.15. The smallest absolute Gasteiger partial charge is 0.142 e. The third-order valence-electron chi connectivity index (χ3n) is 1.52. The van der Waals surface area contributed by atoms with E-state index in [-0.39, 0.29) is 0 Å². The molecule has 2 heterocycles. The Balaban J connectivity index is 2.94. The maximum absolute atomic E-state index is 6.01. The number of thiophene rings is 1. The molecule has 0 amide bonds. The van der Waals surface area contributed by atoms with E-state index in [1.54, 1.807) is 11.3 Å². The van der Waals surface area contributed by atoms with E-state index in [1.165, 1.54) is 0 Å². The van der Waals surface area contributed by atoms with Gasteiger partial charge in [0.15, 0.2) is 0 Å². The molecule has 2 nitrogen and oxygen atoms in total. The highest BCUT2D eigenvalue weighted by Crippen LogP contribution is 2.38. The van der Waals surface area contributed by atoms with Crippen molar-refractivity contribution in [3.8, 4) is 0 Å². The van der Waals surface area contributed by atoms with Gasteiger partial charge < -0.3 is 0 Å². The molecule has 0 bridgehead atoms. The quantitative estimate of drug-likeness (QED) is 0.502. The van der Waals surface area contributed by atoms with Crippen LogP contribution >= 0.6 is 61.5 Å². The van der Waals surface area contributed by atoms with Gasteiger partial charge in [0.1, 0.15) is 15.8 Å². The second kappa shape index (κ2) is 3.60. The van der Waals surface area contributed by atoms with E-state index in [0.29, 0.717) is 11.0 Å². The van der Waals surface area contributed by atoms with Crippen LogP contribution < -0.4 is 0 Å². The van der Waals surface area contributed by atoms with Crippen LogP contribution in [0.3, 0.4) is 0 Å². The number of aromatic nitrogens is 2. The van der Waals surface area contributed by atoms with Crippen LogP contribution in [0.25, 0.3) is 10.2 Å². The SMILES string of the molecule is Cc1nc(Cl)c2c(I)c(Br)sc2n1. The zero-order valence-corrected chi connectivity index (χ0v) is 11.8. The summed E-state index contributed by atoms with van der Waals surface area (Å²) in [5.74, 6) is 0.711. The molecule has 0 aliphatic rings. The molecule has 13 heavy (non-hydrogen) atoms. The highest BCUT2D eigenvalue weighted by Gasteiger charge is 2.13. The van der Waals surface area contributed by atoms with Crippen LogP contribution in [0.4, 0.5) is 0 Å². The van der Waals surface area contributed by atoms with Crippen LogP contribution in [-0.4, -0.2) is 9.97 Å². The standard InChI is InChI=1S/C7H3BrClIN2S/c1-2-11-6(9)3-4(10)5(8)13-7(3)12-2/h1H3. The van der Waals surface area contributed by atoms with Gasteiger partial charge in [-0.25, -0.2) is 9.97 Å². The molecule has 68 valence electrons. The van der Waals surface area contributed by atoms with Crippen molar-refractivity contribution in [2.45, 2.75) is 6.92 Å². The largest absolute Gasteiger partial charge is 0.222 e. The Bertz CT molecular complexity index is 485. The van der Waals surface area contributed by atoms with Crippen LogP contribution in [0, 0.1) is 10.5 Å². The first kappa shape index (κ1) is 10.1. The van der Waals surface area contributed by atoms with Gasteiger partial charge in [-0.3, -0.25) is 0 Å². The summed E-state index contributed by atoms with van der Waals surface area (Å²) in [6, 6.07) is 0. The fourth-order valence-corrected chi connectivity index (χ4v) is 4.04. The predicted molar refractivity (Wildman–Crippen MR) is 67.6 cm³/mol. The molecule has 2 aromatic heterocycles. The number of rotatable bonds is 0. The first-order valence-corrected chi connectivity index (χ1v) is 6.44. The Morgan fingerprint density at radius 2 is 2.15 bits per heavy atom. The molecule has 2 rings (SSSR count). The van der Waals surface area contributed by atoms with Crippen molar-refractivity contribution < 1.29 is 0 Å². The topological polar surface area (TPSA) is 25.8 Å². The van der Waals surface area contributed by atoms with Crippen molar-refractivity contribution in [3.63, 3.8) is 0 Å². The lowest BCUT2D eigenvalue weighted by Gasteiger charge is -1.95. The molecule has 0 unspecified atom stereocenters. The van der Waals surface area contributed by atoms with Gasteiger partial charge >= 0.3 is 0 Å². The van der Waals surface area contributed by atoms with Crippen molar-refractivity contribution in [2.75, 3.05) is 0 Å². The van der Waals surface area contributed by atoms with E-state index in [4.69, 9.17) is 11.6 Å². The van der Waals surface area contributed by atoms with Crippen LogP contribution in [0.15, 0.2) is 3.79 Å². The summed E-state index contributed by atoms with van der Waals surface area (Å²) >= 11 is 13.3. The summed E-state index contributed by atoms with van der Waals surface area (Å²) in [5.41, 5.74) is 0. The van der Waals surface area contributed by atoms with Crippen molar-refractivity contribution in [2.24, 2.45) is 0 Å². The monoisotopic (exact) mass is 388 g/mol. The number of halogens is 3. The van der Waals surface area contributed by atoms with Crippen molar-refractivity contribution in [3.05, 3.63) is 18.3 Å². The van der Waals surface area contributed by atoms with Crippen molar-refractivity contribution in [1.29, 1.82) is 0 Å². The molecule has 6 heteroatoms. The molecular formula is C7H3BrClIN2S. The average Bonchev–Trinajstić information content (AvgIpc) is 2.27. The summed E-state index contributed by atoms with van der Waals surface area (Å²) in [4.78, 5) is 9.36. The van der Waals surface area contributed by atoms with Gasteiger partial charge in [-0.05, 0) is 45.4 Å². The zero-order valence-electron chi connectivity index (χ0n) is 6.44. The van der Waals surface area contributed by atoms with E-state index in [2.05, 4.69) is 48.5 Å². The zero-order chi connectivity index (χ0) is 9.59. The summed E-state index contributed by atoms with van der Waals surface area (Å²) in [7, 11) is 0. The molecule has 0 saturated carbocycles. The fourth-order valence-electron chi connectivity index (χ4n) is 1.00. The Morgan fingerprint density at radius 3 is 2.85 bits per heavy atom. The van der Waals surface area contributed by atoms with Gasteiger partial charge in [-0.1, -0.05) is 11.6 Å². The highest BCUT2D eigenvalue weighted by atomic mass is 127. The third-order valence-corrected chi connectivity index (χ3v) is 5.74. The maximum Gasteiger partial charge on any atom is 0.142 e. The molecule has 0 radical (unpaired) electrons. The third kappa shape index (κ3) is 1.71. The minimum Gasteiger partial charge on any atom is -0.222 e. The van der Waals surface area contributed by atoms with Gasteiger partial charge in [0, 0.05) is 0 Å². The van der Waals surface area contributed by atoms with Crippen LogP contribution in [0.1, 0.15) is 5.82 Å². The summed E-state index contributed by atoms with van der Waals surface area (Å²) in [6.07, 6.45) is 0. The maximum atomic E-state index is 6.01. The van der Waals surface area contributed by atoms with Crippen molar-refractivity contribution >= 4 is 71.7 Å². The van der Waals surface area contributed by atoms with E-state index in [1.807, 2.05) is 6.92 Å². The molecule has 0 fully saturated rings. The molecule has 0 saturated heterocycles. The summed E-state index contributed by atoms with van der Waals surface area (Å²) in [6.45, 7) is 1.84. The predicted octanol–water partition coefficient (Wildman–Crippen LogP) is 4.02. The minimum absolute atomic E-state index is 0.536.